The topological polar surface area (TPSA) is 71.1 Å². The van der Waals surface area contributed by atoms with Gasteiger partial charge in [-0.05, 0) is 37.1 Å². The number of anilines is 2. The van der Waals surface area contributed by atoms with E-state index in [1.165, 1.54) is 0 Å². The highest BCUT2D eigenvalue weighted by atomic mass is 16.5. The summed E-state index contributed by atoms with van der Waals surface area (Å²) in [5.41, 5.74) is 1.75. The van der Waals surface area contributed by atoms with E-state index in [1.54, 1.807) is 19.2 Å². The molecule has 2 aromatic carbocycles. The lowest BCUT2D eigenvalue weighted by Crippen LogP contribution is -2.50. The number of nitrogens with one attached hydrogen (secondary N) is 1. The largest absolute Gasteiger partial charge is 0.495 e. The van der Waals surface area contributed by atoms with Gasteiger partial charge >= 0.3 is 0 Å². The van der Waals surface area contributed by atoms with Crippen molar-refractivity contribution in [3.63, 3.8) is 0 Å². The molecule has 0 aromatic heterocycles. The Bertz CT molecular complexity index is 905. The minimum atomic E-state index is -0.0397. The van der Waals surface area contributed by atoms with E-state index >= 15 is 0 Å². The predicted molar refractivity (Wildman–Crippen MR) is 115 cm³/mol. The highest BCUT2D eigenvalue weighted by Gasteiger charge is 2.29. The molecule has 1 N–H and O–H groups in total. The van der Waals surface area contributed by atoms with Gasteiger partial charge in [0, 0.05) is 43.9 Å². The molecule has 158 valence electrons. The van der Waals surface area contributed by atoms with E-state index in [1.807, 2.05) is 41.3 Å². The second kappa shape index (κ2) is 9.07. The fraction of sp³-hybridized carbons (Fsp3) is 0.391. The van der Waals surface area contributed by atoms with Crippen LogP contribution in [0.4, 0.5) is 11.4 Å². The van der Waals surface area contributed by atoms with Crippen LogP contribution in [-0.2, 0) is 9.59 Å². The van der Waals surface area contributed by atoms with Crippen molar-refractivity contribution in [2.75, 3.05) is 50.1 Å². The first-order valence-corrected chi connectivity index (χ1v) is 10.3. The molecule has 1 saturated heterocycles. The molecule has 7 heteroatoms. The number of ether oxygens (including phenoxy) is 2. The Balaban J connectivity index is 1.26. The van der Waals surface area contributed by atoms with Crippen LogP contribution in [0.5, 0.6) is 11.5 Å². The monoisotopic (exact) mass is 409 g/mol. The fourth-order valence-electron chi connectivity index (χ4n) is 3.58. The summed E-state index contributed by atoms with van der Waals surface area (Å²) < 4.78 is 11.1. The molecular formula is C23H27N3O4. The average molecular weight is 409 g/mol. The van der Waals surface area contributed by atoms with Gasteiger partial charge in [-0.2, -0.15) is 0 Å². The number of benzene rings is 2. The zero-order chi connectivity index (χ0) is 20.9. The zero-order valence-corrected chi connectivity index (χ0v) is 17.2. The molecule has 7 nitrogen and oxygen atoms in total. The predicted octanol–water partition coefficient (Wildman–Crippen LogP) is 2.77. The van der Waals surface area contributed by atoms with Gasteiger partial charge in [0.05, 0.1) is 12.8 Å². The Morgan fingerprint density at radius 2 is 1.80 bits per heavy atom. The van der Waals surface area contributed by atoms with Gasteiger partial charge in [0.25, 0.3) is 5.91 Å². The van der Waals surface area contributed by atoms with Crippen LogP contribution in [0, 0.1) is 5.92 Å². The van der Waals surface area contributed by atoms with Gasteiger partial charge in [0.1, 0.15) is 11.5 Å². The van der Waals surface area contributed by atoms with Gasteiger partial charge in [0.2, 0.25) is 5.91 Å². The summed E-state index contributed by atoms with van der Waals surface area (Å²) >= 11 is 0. The van der Waals surface area contributed by atoms with E-state index in [2.05, 4.69) is 10.2 Å². The molecular weight excluding hydrogens is 382 g/mol. The smallest absolute Gasteiger partial charge is 0.260 e. The SMILES string of the molecule is COc1ccccc1N1CCN(C(=O)COc2cccc(NC(=O)C3CC3)c2)CC1. The van der Waals surface area contributed by atoms with Crippen LogP contribution < -0.4 is 19.7 Å². The summed E-state index contributed by atoms with van der Waals surface area (Å²) in [6.45, 7) is 2.74. The van der Waals surface area contributed by atoms with Crippen molar-refractivity contribution in [1.29, 1.82) is 0 Å². The maximum Gasteiger partial charge on any atom is 0.260 e. The van der Waals surface area contributed by atoms with Crippen molar-refractivity contribution in [2.24, 2.45) is 5.92 Å². The summed E-state index contributed by atoms with van der Waals surface area (Å²) in [5.74, 6) is 1.57. The summed E-state index contributed by atoms with van der Waals surface area (Å²) in [6, 6.07) is 15.1. The Kier molecular flexibility index (Phi) is 6.07. The van der Waals surface area contributed by atoms with Crippen LogP contribution in [0.25, 0.3) is 0 Å². The molecule has 4 rings (SSSR count). The fourth-order valence-corrected chi connectivity index (χ4v) is 3.58. The number of carbonyl (C=O) groups is 2. The highest BCUT2D eigenvalue weighted by Crippen LogP contribution is 2.31. The molecule has 2 amide bonds. The number of nitrogens with zero attached hydrogens (tertiary/aromatic N) is 2. The lowest BCUT2D eigenvalue weighted by Gasteiger charge is -2.36. The van der Waals surface area contributed by atoms with Crippen LogP contribution in [0.15, 0.2) is 48.5 Å². The second-order valence-electron chi connectivity index (χ2n) is 7.62. The summed E-state index contributed by atoms with van der Waals surface area (Å²) in [7, 11) is 1.67. The van der Waals surface area contributed by atoms with Gasteiger partial charge in [-0.25, -0.2) is 0 Å². The van der Waals surface area contributed by atoms with E-state index < -0.39 is 0 Å². The minimum absolute atomic E-state index is 0.0192. The van der Waals surface area contributed by atoms with Crippen LogP contribution in [0.2, 0.25) is 0 Å². The van der Waals surface area contributed by atoms with Gasteiger partial charge in [0.15, 0.2) is 6.61 Å². The first-order chi connectivity index (χ1) is 14.6. The van der Waals surface area contributed by atoms with E-state index in [0.29, 0.717) is 24.5 Å². The Labute approximate surface area is 176 Å². The first-order valence-electron chi connectivity index (χ1n) is 10.3. The van der Waals surface area contributed by atoms with Crippen molar-refractivity contribution in [1.82, 2.24) is 4.90 Å². The number of hydrogen-bond acceptors (Lipinski definition) is 5. The Morgan fingerprint density at radius 3 is 2.53 bits per heavy atom. The number of amides is 2. The average Bonchev–Trinajstić information content (AvgIpc) is 3.63. The van der Waals surface area contributed by atoms with Crippen molar-refractivity contribution in [3.05, 3.63) is 48.5 Å². The molecule has 1 aliphatic carbocycles. The van der Waals surface area contributed by atoms with Gasteiger partial charge in [-0.1, -0.05) is 18.2 Å². The van der Waals surface area contributed by atoms with Gasteiger partial charge in [-0.3, -0.25) is 9.59 Å². The van der Waals surface area contributed by atoms with Crippen molar-refractivity contribution >= 4 is 23.2 Å². The molecule has 1 saturated carbocycles. The number of methoxy groups -OCH3 is 1. The quantitative estimate of drug-likeness (QED) is 0.762. The maximum absolute atomic E-state index is 12.6. The van der Waals surface area contributed by atoms with Crippen molar-refractivity contribution in [3.8, 4) is 11.5 Å². The summed E-state index contributed by atoms with van der Waals surface area (Å²) in [6.07, 6.45) is 1.92. The van der Waals surface area contributed by atoms with E-state index in [0.717, 1.165) is 37.4 Å². The van der Waals surface area contributed by atoms with Gasteiger partial charge in [-0.15, -0.1) is 0 Å². The molecule has 0 bridgehead atoms. The van der Waals surface area contributed by atoms with E-state index in [4.69, 9.17) is 9.47 Å². The van der Waals surface area contributed by atoms with Crippen LogP contribution in [0.3, 0.4) is 0 Å². The molecule has 2 aromatic rings. The Hall–Kier alpha value is -3.22. The van der Waals surface area contributed by atoms with Crippen LogP contribution in [0.1, 0.15) is 12.8 Å². The molecule has 30 heavy (non-hydrogen) atoms. The second-order valence-corrected chi connectivity index (χ2v) is 7.62. The molecule has 0 unspecified atom stereocenters. The molecule has 2 aliphatic rings. The molecule has 0 spiro atoms. The summed E-state index contributed by atoms with van der Waals surface area (Å²) in [4.78, 5) is 28.5. The third-order valence-electron chi connectivity index (χ3n) is 5.47. The lowest BCUT2D eigenvalue weighted by molar-refractivity contribution is -0.133. The van der Waals surface area contributed by atoms with Crippen LogP contribution >= 0.6 is 0 Å². The lowest BCUT2D eigenvalue weighted by atomic mass is 10.2. The first kappa shape index (κ1) is 20.1. The van der Waals surface area contributed by atoms with Crippen molar-refractivity contribution < 1.29 is 19.1 Å². The zero-order valence-electron chi connectivity index (χ0n) is 17.2. The summed E-state index contributed by atoms with van der Waals surface area (Å²) in [5, 5.41) is 2.89. The Morgan fingerprint density at radius 1 is 1.03 bits per heavy atom. The van der Waals surface area contributed by atoms with Gasteiger partial charge < -0.3 is 24.6 Å². The molecule has 0 atom stereocenters. The van der Waals surface area contributed by atoms with Crippen LogP contribution in [-0.4, -0.2) is 56.6 Å². The standard InChI is InChI=1S/C23H27N3O4/c1-29-21-8-3-2-7-20(21)25-11-13-26(14-12-25)22(27)16-30-19-6-4-5-18(15-19)24-23(28)17-9-10-17/h2-8,15,17H,9-14,16H2,1H3,(H,24,28). The maximum atomic E-state index is 12.6. The number of hydrogen-bond donors (Lipinski definition) is 1. The number of carbonyl (C=O) groups excluding carboxylic acids is 2. The van der Waals surface area contributed by atoms with E-state index in [9.17, 15) is 9.59 Å². The number of rotatable bonds is 7. The third-order valence-corrected chi connectivity index (χ3v) is 5.47. The minimum Gasteiger partial charge on any atom is -0.495 e. The highest BCUT2D eigenvalue weighted by molar-refractivity contribution is 5.94. The number of piperazine rings is 1. The van der Waals surface area contributed by atoms with Crippen molar-refractivity contribution in [2.45, 2.75) is 12.8 Å². The number of para-hydroxylation sites is 2. The molecule has 1 aliphatic heterocycles. The third kappa shape index (κ3) is 4.84. The molecule has 2 fully saturated rings. The van der Waals surface area contributed by atoms with E-state index in [-0.39, 0.29) is 24.3 Å². The molecule has 1 heterocycles. The normalized spacial score (nSPS) is 16.2. The molecule has 0 radical (unpaired) electrons.